The van der Waals surface area contributed by atoms with Gasteiger partial charge in [-0.3, -0.25) is 13.9 Å². The van der Waals surface area contributed by atoms with Gasteiger partial charge >= 0.3 is 0 Å². The maximum Gasteiger partial charge on any atom is 0.264 e. The Hall–Kier alpha value is -3.85. The van der Waals surface area contributed by atoms with Crippen molar-refractivity contribution >= 4 is 50.7 Å². The van der Waals surface area contributed by atoms with Crippen LogP contribution in [0.3, 0.4) is 0 Å². The molecule has 240 valence electrons. The smallest absolute Gasteiger partial charge is 0.264 e. The van der Waals surface area contributed by atoms with Crippen molar-refractivity contribution in [2.75, 3.05) is 10.8 Å². The second kappa shape index (κ2) is 15.2. The van der Waals surface area contributed by atoms with E-state index in [0.29, 0.717) is 15.7 Å². The van der Waals surface area contributed by atoms with Gasteiger partial charge in [0.2, 0.25) is 11.8 Å². The molecule has 0 saturated heterocycles. The summed E-state index contributed by atoms with van der Waals surface area (Å²) in [6.07, 6.45) is 4.08. The molecule has 10 heteroatoms. The zero-order valence-corrected chi connectivity index (χ0v) is 27.9. The predicted octanol–water partition coefficient (Wildman–Crippen LogP) is 7.20. The third kappa shape index (κ3) is 8.49. The van der Waals surface area contributed by atoms with Crippen LogP contribution in [-0.2, 0) is 32.6 Å². The van der Waals surface area contributed by atoms with Crippen molar-refractivity contribution in [1.29, 1.82) is 0 Å². The highest BCUT2D eigenvalue weighted by molar-refractivity contribution is 7.92. The minimum atomic E-state index is -4.21. The van der Waals surface area contributed by atoms with Gasteiger partial charge < -0.3 is 10.2 Å². The minimum Gasteiger partial charge on any atom is -0.352 e. The fourth-order valence-electron chi connectivity index (χ4n) is 5.73. The van der Waals surface area contributed by atoms with Crippen molar-refractivity contribution in [2.24, 2.45) is 0 Å². The number of halogens is 2. The average Bonchev–Trinajstić information content (AvgIpc) is 3.55. The Morgan fingerprint density at radius 2 is 1.48 bits per heavy atom. The molecule has 5 rings (SSSR count). The fourth-order valence-corrected chi connectivity index (χ4v) is 7.48. The Kier molecular flexibility index (Phi) is 11.0. The van der Waals surface area contributed by atoms with Gasteiger partial charge in [-0.1, -0.05) is 96.2 Å². The molecule has 2 amide bonds. The topological polar surface area (TPSA) is 86.8 Å². The van der Waals surface area contributed by atoms with E-state index in [-0.39, 0.29) is 29.8 Å². The first-order valence-corrected chi connectivity index (χ1v) is 17.5. The zero-order valence-electron chi connectivity index (χ0n) is 25.6. The van der Waals surface area contributed by atoms with E-state index in [9.17, 15) is 18.0 Å². The van der Waals surface area contributed by atoms with Gasteiger partial charge in [0.25, 0.3) is 10.0 Å². The molecule has 0 bridgehead atoms. The molecule has 1 aliphatic carbocycles. The van der Waals surface area contributed by atoms with E-state index in [0.717, 1.165) is 46.7 Å². The summed E-state index contributed by atoms with van der Waals surface area (Å²) in [7, 11) is -4.21. The highest BCUT2D eigenvalue weighted by Crippen LogP contribution is 2.27. The van der Waals surface area contributed by atoms with E-state index in [1.165, 1.54) is 29.2 Å². The molecule has 1 fully saturated rings. The molecular weight excluding hydrogens is 641 g/mol. The second-order valence-corrected chi connectivity index (χ2v) is 14.4. The standard InChI is InChI=1S/C36H37Cl2N3O4S/c1-26-14-18-32(19-15-26)41(46(44,45)33-20-16-29(37)17-21-33)25-35(42)40(24-28-10-7-11-30(38)22-28)34(23-27-8-3-2-4-9-27)36(43)39-31-12-5-6-13-31/h2-4,7-11,14-22,31,34H,5-6,12-13,23-25H2,1H3,(H,39,43)/t34-/m1/s1. The number of hydrogen-bond acceptors (Lipinski definition) is 4. The van der Waals surface area contributed by atoms with Crippen molar-refractivity contribution in [3.8, 4) is 0 Å². The van der Waals surface area contributed by atoms with Crippen LogP contribution in [0.4, 0.5) is 5.69 Å². The highest BCUT2D eigenvalue weighted by atomic mass is 35.5. The minimum absolute atomic E-state index is 0.00789. The van der Waals surface area contributed by atoms with Gasteiger partial charge in [-0.25, -0.2) is 8.42 Å². The fraction of sp³-hybridized carbons (Fsp3) is 0.278. The highest BCUT2D eigenvalue weighted by Gasteiger charge is 2.35. The van der Waals surface area contributed by atoms with Crippen LogP contribution < -0.4 is 9.62 Å². The number of nitrogens with one attached hydrogen (secondary N) is 1. The molecule has 4 aromatic rings. The van der Waals surface area contributed by atoms with E-state index in [1.807, 2.05) is 43.3 Å². The molecule has 0 radical (unpaired) electrons. The normalized spacial score (nSPS) is 14.1. The Balaban J connectivity index is 1.56. The number of carbonyl (C=O) groups is 2. The van der Waals surface area contributed by atoms with Crippen LogP contribution in [0.5, 0.6) is 0 Å². The Labute approximate surface area is 281 Å². The van der Waals surface area contributed by atoms with Crippen molar-refractivity contribution in [3.05, 3.63) is 130 Å². The summed E-state index contributed by atoms with van der Waals surface area (Å²) in [4.78, 5) is 30.1. The molecule has 0 spiro atoms. The van der Waals surface area contributed by atoms with Crippen LogP contribution in [-0.4, -0.2) is 43.8 Å². The third-order valence-electron chi connectivity index (χ3n) is 8.22. The van der Waals surface area contributed by atoms with Gasteiger partial charge in [-0.2, -0.15) is 0 Å². The molecule has 0 aliphatic heterocycles. The molecular formula is C36H37Cl2N3O4S. The first-order chi connectivity index (χ1) is 22.1. The Morgan fingerprint density at radius 3 is 2.13 bits per heavy atom. The molecule has 1 aliphatic rings. The number of carbonyl (C=O) groups excluding carboxylic acids is 2. The lowest BCUT2D eigenvalue weighted by Gasteiger charge is -2.34. The maximum absolute atomic E-state index is 14.6. The van der Waals surface area contributed by atoms with Gasteiger partial charge in [0.15, 0.2) is 0 Å². The number of anilines is 1. The predicted molar refractivity (Wildman–Crippen MR) is 183 cm³/mol. The molecule has 0 unspecified atom stereocenters. The molecule has 4 aromatic carbocycles. The lowest BCUT2D eigenvalue weighted by Crippen LogP contribution is -2.54. The quantitative estimate of drug-likeness (QED) is 0.172. The van der Waals surface area contributed by atoms with Gasteiger partial charge in [0.05, 0.1) is 10.6 Å². The van der Waals surface area contributed by atoms with Gasteiger partial charge in [0.1, 0.15) is 12.6 Å². The summed E-state index contributed by atoms with van der Waals surface area (Å²) in [6.45, 7) is 1.42. The van der Waals surface area contributed by atoms with Crippen molar-refractivity contribution in [3.63, 3.8) is 0 Å². The Bertz CT molecular complexity index is 1740. The van der Waals surface area contributed by atoms with E-state index in [2.05, 4.69) is 5.32 Å². The molecule has 1 N–H and O–H groups in total. The largest absolute Gasteiger partial charge is 0.352 e. The van der Waals surface area contributed by atoms with Gasteiger partial charge in [0, 0.05) is 29.1 Å². The van der Waals surface area contributed by atoms with Crippen LogP contribution in [0.1, 0.15) is 42.4 Å². The van der Waals surface area contributed by atoms with Crippen molar-refractivity contribution in [1.82, 2.24) is 10.2 Å². The molecule has 1 saturated carbocycles. The maximum atomic E-state index is 14.6. The lowest BCUT2D eigenvalue weighted by molar-refractivity contribution is -0.140. The average molecular weight is 679 g/mol. The van der Waals surface area contributed by atoms with Crippen LogP contribution in [0.25, 0.3) is 0 Å². The molecule has 0 aromatic heterocycles. The van der Waals surface area contributed by atoms with Crippen molar-refractivity contribution < 1.29 is 18.0 Å². The first-order valence-electron chi connectivity index (χ1n) is 15.3. The van der Waals surface area contributed by atoms with E-state index in [1.54, 1.807) is 42.5 Å². The third-order valence-corrected chi connectivity index (χ3v) is 10.5. The number of amides is 2. The summed E-state index contributed by atoms with van der Waals surface area (Å²) >= 11 is 12.4. The zero-order chi connectivity index (χ0) is 32.7. The molecule has 1 atom stereocenters. The number of rotatable bonds is 12. The van der Waals surface area contributed by atoms with Crippen LogP contribution >= 0.6 is 23.2 Å². The van der Waals surface area contributed by atoms with E-state index < -0.39 is 28.5 Å². The molecule has 7 nitrogen and oxygen atoms in total. The molecule has 0 heterocycles. The SMILES string of the molecule is Cc1ccc(N(CC(=O)N(Cc2cccc(Cl)c2)[C@H](Cc2ccccc2)C(=O)NC2CCCC2)S(=O)(=O)c2ccc(Cl)cc2)cc1. The number of aryl methyl sites for hydroxylation is 1. The van der Waals surface area contributed by atoms with Gasteiger partial charge in [-0.05, 0) is 79.4 Å². The van der Waals surface area contributed by atoms with Crippen LogP contribution in [0.2, 0.25) is 10.0 Å². The number of benzene rings is 4. The van der Waals surface area contributed by atoms with Crippen LogP contribution in [0.15, 0.2) is 108 Å². The monoisotopic (exact) mass is 677 g/mol. The lowest BCUT2D eigenvalue weighted by atomic mass is 10.0. The Morgan fingerprint density at radius 1 is 0.826 bits per heavy atom. The number of sulfonamides is 1. The summed E-state index contributed by atoms with van der Waals surface area (Å²) in [5.41, 5.74) is 2.86. The molecule has 46 heavy (non-hydrogen) atoms. The summed E-state index contributed by atoms with van der Waals surface area (Å²) < 4.78 is 29.4. The number of nitrogens with zero attached hydrogens (tertiary/aromatic N) is 2. The second-order valence-electron chi connectivity index (χ2n) is 11.6. The summed E-state index contributed by atoms with van der Waals surface area (Å²) in [5, 5.41) is 4.06. The summed E-state index contributed by atoms with van der Waals surface area (Å²) in [6, 6.07) is 28.5. The van der Waals surface area contributed by atoms with Gasteiger partial charge in [-0.15, -0.1) is 0 Å². The van der Waals surface area contributed by atoms with Crippen molar-refractivity contribution in [2.45, 2.75) is 62.6 Å². The summed E-state index contributed by atoms with van der Waals surface area (Å²) in [5.74, 6) is -0.797. The number of hydrogen-bond donors (Lipinski definition) is 1. The van der Waals surface area contributed by atoms with E-state index in [4.69, 9.17) is 23.2 Å². The first kappa shape index (κ1) is 33.5. The van der Waals surface area contributed by atoms with E-state index >= 15 is 0 Å². The van der Waals surface area contributed by atoms with Crippen LogP contribution in [0, 0.1) is 6.92 Å².